The first kappa shape index (κ1) is 16.6. The summed E-state index contributed by atoms with van der Waals surface area (Å²) < 4.78 is 0. The van der Waals surface area contributed by atoms with Crippen LogP contribution in [0.25, 0.3) is 0 Å². The molecule has 5 unspecified atom stereocenters. The van der Waals surface area contributed by atoms with Gasteiger partial charge in [0, 0.05) is 5.56 Å². The molecular formula is C20H25NO4. The summed E-state index contributed by atoms with van der Waals surface area (Å²) in [7, 11) is 0. The molecule has 5 heteroatoms. The van der Waals surface area contributed by atoms with Crippen LogP contribution < -0.4 is 0 Å². The molecule has 3 aliphatic carbocycles. The van der Waals surface area contributed by atoms with Crippen LogP contribution in [0.3, 0.4) is 0 Å². The maximum Gasteiger partial charge on any atom is 0.172 e. The standard InChI is InChI=1S/C20H25NO4/c1-20-7-6-14-13-3-2-12(23)10-16(13)18(21-25-9-8-22)11-15(14)17(20)4-5-19(20)24/h2-3,8,10,14-15,17,19,23-24H,4-7,9,11H2,1H3/b21-18+. The number of aliphatic hydroxyl groups excluding tert-OH is 1. The van der Waals surface area contributed by atoms with Crippen LogP contribution >= 0.6 is 0 Å². The maximum atomic E-state index is 10.5. The Bertz CT molecular complexity index is 716. The molecule has 2 saturated carbocycles. The van der Waals surface area contributed by atoms with E-state index in [0.29, 0.717) is 24.0 Å². The highest BCUT2D eigenvalue weighted by Gasteiger charge is 2.55. The number of fused-ring (bicyclic) bond motifs is 5. The molecule has 0 amide bonds. The summed E-state index contributed by atoms with van der Waals surface area (Å²) in [5.74, 6) is 1.55. The number of oxime groups is 1. The second-order valence-corrected chi connectivity index (χ2v) is 7.99. The van der Waals surface area contributed by atoms with Crippen molar-refractivity contribution in [3.05, 3.63) is 29.3 Å². The summed E-state index contributed by atoms with van der Waals surface area (Å²) in [5.41, 5.74) is 2.95. The Kier molecular flexibility index (Phi) is 4.07. The number of rotatable bonds is 3. The lowest BCUT2D eigenvalue weighted by Crippen LogP contribution is -2.45. The summed E-state index contributed by atoms with van der Waals surface area (Å²) in [6, 6.07) is 5.50. The molecule has 0 aliphatic heterocycles. The van der Waals surface area contributed by atoms with Gasteiger partial charge < -0.3 is 15.1 Å². The number of phenols is 1. The first-order valence-electron chi connectivity index (χ1n) is 9.18. The predicted octanol–water partition coefficient (Wildman–Crippen LogP) is 2.99. The van der Waals surface area contributed by atoms with Gasteiger partial charge in [-0.05, 0) is 73.0 Å². The molecule has 3 aliphatic rings. The number of carbonyl (C=O) groups excluding carboxylic acids is 1. The van der Waals surface area contributed by atoms with E-state index in [1.807, 2.05) is 6.07 Å². The zero-order valence-corrected chi connectivity index (χ0v) is 14.5. The van der Waals surface area contributed by atoms with Gasteiger partial charge in [0.05, 0.1) is 11.8 Å². The first-order valence-corrected chi connectivity index (χ1v) is 9.18. The Morgan fingerprint density at radius 1 is 1.36 bits per heavy atom. The number of nitrogens with zero attached hydrogens (tertiary/aromatic N) is 1. The van der Waals surface area contributed by atoms with E-state index in [2.05, 4.69) is 12.1 Å². The lowest BCUT2D eigenvalue weighted by molar-refractivity contribution is -0.111. The number of hydrogen-bond acceptors (Lipinski definition) is 5. The van der Waals surface area contributed by atoms with Crippen LogP contribution in [0.5, 0.6) is 5.75 Å². The van der Waals surface area contributed by atoms with Gasteiger partial charge in [0.15, 0.2) is 12.9 Å². The molecule has 4 rings (SSSR count). The number of aldehydes is 1. The molecule has 134 valence electrons. The van der Waals surface area contributed by atoms with Crippen molar-refractivity contribution >= 4 is 12.0 Å². The minimum absolute atomic E-state index is 0.00957. The second-order valence-electron chi connectivity index (χ2n) is 7.99. The minimum atomic E-state index is -0.216. The molecule has 0 spiro atoms. The number of carbonyl (C=O) groups is 1. The van der Waals surface area contributed by atoms with Crippen molar-refractivity contribution in [2.75, 3.05) is 6.61 Å². The van der Waals surface area contributed by atoms with E-state index in [-0.39, 0.29) is 23.9 Å². The fourth-order valence-electron chi connectivity index (χ4n) is 5.61. The number of aromatic hydroxyl groups is 1. The molecule has 5 nitrogen and oxygen atoms in total. The normalized spacial score (nSPS) is 37.9. The summed E-state index contributed by atoms with van der Waals surface area (Å²) in [5, 5.41) is 24.6. The third-order valence-corrected chi connectivity index (χ3v) is 6.88. The Balaban J connectivity index is 1.74. The Morgan fingerprint density at radius 3 is 3.00 bits per heavy atom. The van der Waals surface area contributed by atoms with Gasteiger partial charge in [-0.1, -0.05) is 18.1 Å². The number of aliphatic hydroxyl groups is 1. The van der Waals surface area contributed by atoms with Gasteiger partial charge in [-0.2, -0.15) is 0 Å². The van der Waals surface area contributed by atoms with Crippen molar-refractivity contribution < 1.29 is 19.8 Å². The van der Waals surface area contributed by atoms with Gasteiger partial charge in [-0.3, -0.25) is 4.79 Å². The molecule has 1 aromatic rings. The van der Waals surface area contributed by atoms with Gasteiger partial charge in [-0.25, -0.2) is 0 Å². The summed E-state index contributed by atoms with van der Waals surface area (Å²) in [4.78, 5) is 15.7. The highest BCUT2D eigenvalue weighted by atomic mass is 16.6. The molecule has 0 heterocycles. The predicted molar refractivity (Wildman–Crippen MR) is 93.6 cm³/mol. The molecule has 0 bridgehead atoms. The fourth-order valence-corrected chi connectivity index (χ4v) is 5.61. The monoisotopic (exact) mass is 343 g/mol. The Labute approximate surface area is 147 Å². The Hall–Kier alpha value is -1.88. The average Bonchev–Trinajstić information content (AvgIpc) is 2.90. The maximum absolute atomic E-state index is 10.5. The molecule has 0 saturated heterocycles. The fraction of sp³-hybridized carbons (Fsp3) is 0.600. The molecule has 0 radical (unpaired) electrons. The molecule has 5 atom stereocenters. The Morgan fingerprint density at radius 2 is 2.20 bits per heavy atom. The number of phenolic OH excluding ortho intramolecular Hbond substituents is 1. The number of hydrogen-bond donors (Lipinski definition) is 2. The van der Waals surface area contributed by atoms with E-state index in [0.717, 1.165) is 43.4 Å². The van der Waals surface area contributed by atoms with Crippen LogP contribution in [0.15, 0.2) is 23.4 Å². The lowest BCUT2D eigenvalue weighted by atomic mass is 9.55. The third kappa shape index (κ3) is 2.56. The van der Waals surface area contributed by atoms with Crippen LogP contribution in [0, 0.1) is 17.3 Å². The molecule has 25 heavy (non-hydrogen) atoms. The summed E-state index contributed by atoms with van der Waals surface area (Å²) >= 11 is 0. The lowest BCUT2D eigenvalue weighted by Gasteiger charge is -2.50. The first-order chi connectivity index (χ1) is 12.0. The number of benzene rings is 1. The van der Waals surface area contributed by atoms with E-state index in [1.54, 1.807) is 12.1 Å². The van der Waals surface area contributed by atoms with Crippen LogP contribution in [0.1, 0.15) is 56.1 Å². The van der Waals surface area contributed by atoms with Gasteiger partial charge in [-0.15, -0.1) is 0 Å². The second kappa shape index (κ2) is 6.13. The minimum Gasteiger partial charge on any atom is -0.508 e. The van der Waals surface area contributed by atoms with Crippen molar-refractivity contribution in [3.63, 3.8) is 0 Å². The molecule has 2 fully saturated rings. The third-order valence-electron chi connectivity index (χ3n) is 6.88. The van der Waals surface area contributed by atoms with E-state index in [1.165, 1.54) is 5.56 Å². The zero-order chi connectivity index (χ0) is 17.6. The van der Waals surface area contributed by atoms with Crippen molar-refractivity contribution in [3.8, 4) is 5.75 Å². The largest absolute Gasteiger partial charge is 0.508 e. The zero-order valence-electron chi connectivity index (χ0n) is 14.5. The van der Waals surface area contributed by atoms with E-state index in [9.17, 15) is 15.0 Å². The van der Waals surface area contributed by atoms with Crippen LogP contribution in [-0.2, 0) is 9.63 Å². The van der Waals surface area contributed by atoms with Crippen molar-refractivity contribution in [1.82, 2.24) is 0 Å². The molecular weight excluding hydrogens is 318 g/mol. The van der Waals surface area contributed by atoms with Crippen LogP contribution in [-0.4, -0.2) is 34.9 Å². The van der Waals surface area contributed by atoms with Crippen molar-refractivity contribution in [2.45, 2.75) is 51.0 Å². The van der Waals surface area contributed by atoms with Gasteiger partial charge in [0.1, 0.15) is 5.75 Å². The molecule has 0 aromatic heterocycles. The van der Waals surface area contributed by atoms with E-state index < -0.39 is 0 Å². The highest BCUT2D eigenvalue weighted by Crippen LogP contribution is 2.60. The molecule has 1 aromatic carbocycles. The van der Waals surface area contributed by atoms with E-state index >= 15 is 0 Å². The highest BCUT2D eigenvalue weighted by molar-refractivity contribution is 6.03. The van der Waals surface area contributed by atoms with Crippen molar-refractivity contribution in [1.29, 1.82) is 0 Å². The topological polar surface area (TPSA) is 79.1 Å². The summed E-state index contributed by atoms with van der Waals surface area (Å²) in [6.45, 7) is 2.17. The summed E-state index contributed by atoms with van der Waals surface area (Å²) in [6.07, 6.45) is 5.25. The van der Waals surface area contributed by atoms with Crippen molar-refractivity contribution in [2.24, 2.45) is 22.4 Å². The quantitative estimate of drug-likeness (QED) is 0.502. The smallest absolute Gasteiger partial charge is 0.172 e. The van der Waals surface area contributed by atoms with Gasteiger partial charge in [0.25, 0.3) is 0 Å². The van der Waals surface area contributed by atoms with Crippen LogP contribution in [0.2, 0.25) is 0 Å². The van der Waals surface area contributed by atoms with Gasteiger partial charge in [0.2, 0.25) is 0 Å². The van der Waals surface area contributed by atoms with Gasteiger partial charge >= 0.3 is 0 Å². The van der Waals surface area contributed by atoms with Crippen LogP contribution in [0.4, 0.5) is 0 Å². The average molecular weight is 343 g/mol. The van der Waals surface area contributed by atoms with E-state index in [4.69, 9.17) is 4.84 Å². The molecule has 2 N–H and O–H groups in total. The SMILES string of the molecule is CC12CCC3c4ccc(O)cc4/C(=N/OCC=O)CC3C1CCC2O.